The zero-order valence-electron chi connectivity index (χ0n) is 9.90. The lowest BCUT2D eigenvalue weighted by Crippen LogP contribution is -2.46. The van der Waals surface area contributed by atoms with Gasteiger partial charge in [-0.05, 0) is 25.7 Å². The van der Waals surface area contributed by atoms with E-state index in [1.54, 1.807) is 18.9 Å². The van der Waals surface area contributed by atoms with Crippen molar-refractivity contribution in [2.24, 2.45) is 5.92 Å². The second-order valence-electron chi connectivity index (χ2n) is 4.46. The number of carbonyl (C=O) groups is 2. The van der Waals surface area contributed by atoms with Gasteiger partial charge in [0.1, 0.15) is 0 Å². The molecule has 5 nitrogen and oxygen atoms in total. The van der Waals surface area contributed by atoms with Gasteiger partial charge in [0.25, 0.3) is 0 Å². The number of rotatable bonds is 5. The summed E-state index contributed by atoms with van der Waals surface area (Å²) in [6.07, 6.45) is 3.82. The average Bonchev–Trinajstić information content (AvgIpc) is 2.14. The summed E-state index contributed by atoms with van der Waals surface area (Å²) in [5.41, 5.74) is 0. The van der Waals surface area contributed by atoms with Gasteiger partial charge in [-0.15, -0.1) is 0 Å². The number of carboxylic acids is 1. The van der Waals surface area contributed by atoms with E-state index in [0.717, 1.165) is 12.8 Å². The minimum atomic E-state index is -0.818. The summed E-state index contributed by atoms with van der Waals surface area (Å²) in [7, 11) is 1.79. The summed E-state index contributed by atoms with van der Waals surface area (Å²) < 4.78 is 0. The van der Waals surface area contributed by atoms with E-state index in [0.29, 0.717) is 19.0 Å². The van der Waals surface area contributed by atoms with Gasteiger partial charge in [0, 0.05) is 19.6 Å². The molecule has 1 atom stereocenters. The molecule has 92 valence electrons. The van der Waals surface area contributed by atoms with Crippen LogP contribution in [0.15, 0.2) is 0 Å². The quantitative estimate of drug-likeness (QED) is 0.745. The Morgan fingerprint density at radius 1 is 1.50 bits per heavy atom. The minimum absolute atomic E-state index is 0.0951. The molecule has 0 saturated heterocycles. The first-order chi connectivity index (χ1) is 7.52. The maximum Gasteiger partial charge on any atom is 0.317 e. The molecule has 0 aromatic carbocycles. The van der Waals surface area contributed by atoms with Crippen LogP contribution in [0.2, 0.25) is 0 Å². The minimum Gasteiger partial charge on any atom is -0.481 e. The highest BCUT2D eigenvalue weighted by Crippen LogP contribution is 2.23. The van der Waals surface area contributed by atoms with E-state index >= 15 is 0 Å². The Morgan fingerprint density at radius 3 is 2.56 bits per heavy atom. The van der Waals surface area contributed by atoms with Gasteiger partial charge in [0.15, 0.2) is 0 Å². The van der Waals surface area contributed by atoms with Gasteiger partial charge in [0.2, 0.25) is 0 Å². The Bertz CT molecular complexity index is 264. The van der Waals surface area contributed by atoms with Crippen molar-refractivity contribution in [2.45, 2.75) is 38.6 Å². The third-order valence-corrected chi connectivity index (χ3v) is 3.22. The molecule has 0 aliphatic heterocycles. The van der Waals surface area contributed by atoms with Crippen LogP contribution in [0.3, 0.4) is 0 Å². The van der Waals surface area contributed by atoms with Gasteiger partial charge in [-0.1, -0.05) is 6.92 Å². The summed E-state index contributed by atoms with van der Waals surface area (Å²) in [6.45, 7) is 2.06. The Kier molecular flexibility index (Phi) is 4.58. The lowest BCUT2D eigenvalue weighted by Gasteiger charge is -2.34. The standard InChI is InChI=1S/C11H20N2O3/c1-8(10(14)15)6-7-12-11(16)13(2)9-4-3-5-9/h8-9H,3-7H2,1-2H3,(H,12,16)(H,14,15). The Labute approximate surface area is 95.8 Å². The van der Waals surface area contributed by atoms with Crippen LogP contribution >= 0.6 is 0 Å². The van der Waals surface area contributed by atoms with E-state index in [9.17, 15) is 9.59 Å². The third kappa shape index (κ3) is 3.40. The number of amides is 2. The first-order valence-corrected chi connectivity index (χ1v) is 5.76. The Morgan fingerprint density at radius 2 is 2.12 bits per heavy atom. The monoisotopic (exact) mass is 228 g/mol. The van der Waals surface area contributed by atoms with E-state index in [2.05, 4.69) is 5.32 Å². The number of carboxylic acid groups (broad SMARTS) is 1. The van der Waals surface area contributed by atoms with Crippen LogP contribution in [-0.4, -0.2) is 41.6 Å². The van der Waals surface area contributed by atoms with Crippen molar-refractivity contribution in [1.82, 2.24) is 10.2 Å². The number of carbonyl (C=O) groups excluding carboxylic acids is 1. The number of aliphatic carboxylic acids is 1. The second kappa shape index (κ2) is 5.72. The van der Waals surface area contributed by atoms with Crippen molar-refractivity contribution >= 4 is 12.0 Å². The van der Waals surface area contributed by atoms with E-state index in [1.807, 2.05) is 0 Å². The molecule has 0 bridgehead atoms. The molecule has 5 heteroatoms. The predicted molar refractivity (Wildman–Crippen MR) is 60.2 cm³/mol. The van der Waals surface area contributed by atoms with Crippen LogP contribution in [-0.2, 0) is 4.79 Å². The lowest BCUT2D eigenvalue weighted by molar-refractivity contribution is -0.141. The van der Waals surface area contributed by atoms with Gasteiger partial charge in [0.05, 0.1) is 5.92 Å². The fourth-order valence-electron chi connectivity index (χ4n) is 1.58. The molecule has 2 amide bonds. The van der Waals surface area contributed by atoms with Gasteiger partial charge in [-0.3, -0.25) is 4.79 Å². The highest BCUT2D eigenvalue weighted by molar-refractivity contribution is 5.74. The smallest absolute Gasteiger partial charge is 0.317 e. The first-order valence-electron chi connectivity index (χ1n) is 5.76. The number of hydrogen-bond donors (Lipinski definition) is 2. The molecule has 1 fully saturated rings. The van der Waals surface area contributed by atoms with Crippen LogP contribution in [0, 0.1) is 5.92 Å². The topological polar surface area (TPSA) is 69.6 Å². The Hall–Kier alpha value is -1.26. The zero-order chi connectivity index (χ0) is 12.1. The maximum atomic E-state index is 11.6. The van der Waals surface area contributed by atoms with Crippen molar-refractivity contribution in [1.29, 1.82) is 0 Å². The van der Waals surface area contributed by atoms with Crippen LogP contribution in [0.5, 0.6) is 0 Å². The highest BCUT2D eigenvalue weighted by atomic mass is 16.4. The summed E-state index contributed by atoms with van der Waals surface area (Å²) in [5, 5.41) is 11.4. The van der Waals surface area contributed by atoms with Crippen LogP contribution in [0.1, 0.15) is 32.6 Å². The largest absolute Gasteiger partial charge is 0.481 e. The molecule has 1 unspecified atom stereocenters. The normalized spacial score (nSPS) is 17.4. The number of hydrogen-bond acceptors (Lipinski definition) is 2. The van der Waals surface area contributed by atoms with E-state index in [4.69, 9.17) is 5.11 Å². The number of nitrogens with one attached hydrogen (secondary N) is 1. The van der Waals surface area contributed by atoms with Crippen molar-refractivity contribution < 1.29 is 14.7 Å². The highest BCUT2D eigenvalue weighted by Gasteiger charge is 2.25. The molecule has 1 aliphatic rings. The van der Waals surface area contributed by atoms with Crippen LogP contribution in [0.25, 0.3) is 0 Å². The molecule has 16 heavy (non-hydrogen) atoms. The second-order valence-corrected chi connectivity index (χ2v) is 4.46. The first kappa shape index (κ1) is 12.8. The molecular weight excluding hydrogens is 208 g/mol. The number of urea groups is 1. The van der Waals surface area contributed by atoms with Crippen molar-refractivity contribution in [3.63, 3.8) is 0 Å². The molecule has 1 rings (SSSR count). The molecule has 0 radical (unpaired) electrons. The van der Waals surface area contributed by atoms with Gasteiger partial charge >= 0.3 is 12.0 Å². The molecule has 1 saturated carbocycles. The number of nitrogens with zero attached hydrogens (tertiary/aromatic N) is 1. The fourth-order valence-corrected chi connectivity index (χ4v) is 1.58. The molecule has 1 aliphatic carbocycles. The maximum absolute atomic E-state index is 11.6. The SMILES string of the molecule is CC(CCNC(=O)N(C)C1CCC1)C(=O)O. The van der Waals surface area contributed by atoms with Crippen LogP contribution < -0.4 is 5.32 Å². The van der Waals surface area contributed by atoms with Crippen molar-refractivity contribution in [2.75, 3.05) is 13.6 Å². The fraction of sp³-hybridized carbons (Fsp3) is 0.818. The zero-order valence-corrected chi connectivity index (χ0v) is 9.90. The van der Waals surface area contributed by atoms with Gasteiger partial charge in [-0.2, -0.15) is 0 Å². The molecular formula is C11H20N2O3. The third-order valence-electron chi connectivity index (χ3n) is 3.22. The van der Waals surface area contributed by atoms with Crippen molar-refractivity contribution in [3.05, 3.63) is 0 Å². The summed E-state index contributed by atoms with van der Waals surface area (Å²) >= 11 is 0. The molecule has 2 N–H and O–H groups in total. The van der Waals surface area contributed by atoms with Crippen LogP contribution in [0.4, 0.5) is 4.79 Å². The molecule has 0 heterocycles. The van der Waals surface area contributed by atoms with Gasteiger partial charge < -0.3 is 15.3 Å². The van der Waals surface area contributed by atoms with Gasteiger partial charge in [-0.25, -0.2) is 4.79 Å². The average molecular weight is 228 g/mol. The Balaban J connectivity index is 2.16. The summed E-state index contributed by atoms with van der Waals surface area (Å²) in [4.78, 5) is 23.9. The van der Waals surface area contributed by atoms with Crippen molar-refractivity contribution in [3.8, 4) is 0 Å². The molecule has 0 aromatic rings. The summed E-state index contributed by atoms with van der Waals surface area (Å²) in [6, 6.07) is 0.277. The molecule has 0 spiro atoms. The lowest BCUT2D eigenvalue weighted by atomic mass is 9.92. The summed E-state index contributed by atoms with van der Waals surface area (Å²) in [5.74, 6) is -1.23. The van der Waals surface area contributed by atoms with E-state index < -0.39 is 11.9 Å². The van der Waals surface area contributed by atoms with E-state index in [1.165, 1.54) is 6.42 Å². The molecule has 0 aromatic heterocycles. The predicted octanol–water partition coefficient (Wildman–Crippen LogP) is 1.29. The van der Waals surface area contributed by atoms with E-state index in [-0.39, 0.29) is 6.03 Å².